The number of imide groups is 1. The maximum atomic E-state index is 15.1. The number of benzene rings is 2. The number of halogens is 2. The molecule has 0 saturated carbocycles. The van der Waals surface area contributed by atoms with Gasteiger partial charge in [-0.05, 0) is 37.6 Å². The quantitative estimate of drug-likeness (QED) is 0.345. The number of H-pyrrole nitrogens is 1. The summed E-state index contributed by atoms with van der Waals surface area (Å²) in [6, 6.07) is 6.49. The number of furan rings is 1. The zero-order chi connectivity index (χ0) is 26.9. The van der Waals surface area contributed by atoms with Crippen LogP contribution in [0.2, 0.25) is 0 Å². The van der Waals surface area contributed by atoms with Crippen molar-refractivity contribution in [2.75, 3.05) is 13.7 Å². The van der Waals surface area contributed by atoms with Crippen LogP contribution in [0.15, 0.2) is 34.7 Å². The van der Waals surface area contributed by atoms with Gasteiger partial charge in [0.1, 0.15) is 17.2 Å². The molecule has 1 atom stereocenters. The van der Waals surface area contributed by atoms with E-state index < -0.39 is 35.0 Å². The van der Waals surface area contributed by atoms with Gasteiger partial charge in [-0.15, -0.1) is 0 Å². The molecule has 2 aromatic carbocycles. The van der Waals surface area contributed by atoms with Crippen LogP contribution >= 0.6 is 0 Å². The van der Waals surface area contributed by atoms with Crippen LogP contribution in [0.5, 0.6) is 5.75 Å². The van der Waals surface area contributed by atoms with Gasteiger partial charge in [-0.3, -0.25) is 20.0 Å². The predicted octanol–water partition coefficient (Wildman–Crippen LogP) is 3.42. The number of rotatable bonds is 5. The molecule has 38 heavy (non-hydrogen) atoms. The molecule has 2 aliphatic rings. The van der Waals surface area contributed by atoms with Crippen LogP contribution in [-0.2, 0) is 16.9 Å². The molecule has 4 amide bonds. The fourth-order valence-electron chi connectivity index (χ4n) is 5.23. The monoisotopic (exact) mass is 521 g/mol. The number of carbonyl (C=O) groups is 3. The van der Waals surface area contributed by atoms with E-state index in [2.05, 4.69) is 20.8 Å². The SMILES string of the molecule is COc1ccc2c(c1F)C(=O)N(CC1(c3cc4cc(-c5c(C)n[nH]c5C)c(F)cc4o3)NC(=O)NC1=O)C2. The number of aromatic amines is 1. The Kier molecular flexibility index (Phi) is 5.06. The van der Waals surface area contributed by atoms with Crippen molar-refractivity contribution >= 4 is 28.8 Å². The number of hydrogen-bond acceptors (Lipinski definition) is 6. The average Bonchev–Trinajstić information content (AvgIpc) is 3.59. The standard InChI is InChI=1S/C26H21F2N5O5/c1-11-20(12(2)32-31-11)15-6-14-7-19(38-18(14)8-16(15)27)26(24(35)29-25(36)30-26)10-33-9-13-4-5-17(37-3)22(28)21(13)23(33)34/h4-8H,9-10H2,1-3H3,(H,31,32)(H2,29,30,35,36). The fraction of sp³-hybridized carbons (Fsp3) is 0.231. The Bertz CT molecular complexity index is 1670. The molecule has 2 aliphatic heterocycles. The van der Waals surface area contributed by atoms with Gasteiger partial charge in [-0.1, -0.05) is 6.07 Å². The van der Waals surface area contributed by atoms with E-state index in [9.17, 15) is 18.8 Å². The van der Waals surface area contributed by atoms with Crippen LogP contribution in [0, 0.1) is 25.5 Å². The van der Waals surface area contributed by atoms with Crippen molar-refractivity contribution in [2.24, 2.45) is 0 Å². The Morgan fingerprint density at radius 2 is 1.92 bits per heavy atom. The van der Waals surface area contributed by atoms with Crippen molar-refractivity contribution in [1.82, 2.24) is 25.7 Å². The number of aromatic nitrogens is 2. The smallest absolute Gasteiger partial charge is 0.322 e. The zero-order valence-corrected chi connectivity index (χ0v) is 20.5. The van der Waals surface area contributed by atoms with Gasteiger partial charge in [0.2, 0.25) is 0 Å². The number of hydrogen-bond donors (Lipinski definition) is 3. The first-order valence-corrected chi connectivity index (χ1v) is 11.7. The third-order valence-electron chi connectivity index (χ3n) is 7.07. The van der Waals surface area contributed by atoms with E-state index in [1.54, 1.807) is 26.0 Å². The second-order valence-corrected chi connectivity index (χ2v) is 9.38. The van der Waals surface area contributed by atoms with Gasteiger partial charge in [0.05, 0.1) is 24.9 Å². The van der Waals surface area contributed by atoms with E-state index in [4.69, 9.17) is 9.15 Å². The van der Waals surface area contributed by atoms with Crippen molar-refractivity contribution < 1.29 is 32.3 Å². The normalized spacial score (nSPS) is 18.8. The number of aryl methyl sites for hydroxylation is 2. The Labute approximate surface area is 213 Å². The first-order chi connectivity index (χ1) is 18.1. The molecule has 6 rings (SSSR count). The third-order valence-corrected chi connectivity index (χ3v) is 7.07. The third kappa shape index (κ3) is 3.29. The second kappa shape index (κ2) is 8.13. The number of nitrogens with one attached hydrogen (secondary N) is 3. The van der Waals surface area contributed by atoms with E-state index >= 15 is 4.39 Å². The second-order valence-electron chi connectivity index (χ2n) is 9.38. The molecule has 10 nitrogen and oxygen atoms in total. The van der Waals surface area contributed by atoms with Crippen LogP contribution in [0.25, 0.3) is 22.1 Å². The first-order valence-electron chi connectivity index (χ1n) is 11.7. The molecule has 2 aromatic heterocycles. The average molecular weight is 521 g/mol. The summed E-state index contributed by atoms with van der Waals surface area (Å²) < 4.78 is 40.9. The van der Waals surface area contributed by atoms with Gasteiger partial charge < -0.3 is 19.4 Å². The highest BCUT2D eigenvalue weighted by Gasteiger charge is 2.53. The Morgan fingerprint density at radius 1 is 1.13 bits per heavy atom. The topological polar surface area (TPSA) is 130 Å². The maximum absolute atomic E-state index is 15.1. The lowest BCUT2D eigenvalue weighted by Crippen LogP contribution is -2.52. The molecular formula is C26H21F2N5O5. The number of methoxy groups -OCH3 is 1. The molecule has 1 unspecified atom stereocenters. The number of fused-ring (bicyclic) bond motifs is 2. The summed E-state index contributed by atoms with van der Waals surface area (Å²) in [5.74, 6) is -2.88. The summed E-state index contributed by atoms with van der Waals surface area (Å²) in [6.45, 7) is 3.17. The van der Waals surface area contributed by atoms with Crippen LogP contribution in [0.1, 0.15) is 33.1 Å². The maximum Gasteiger partial charge on any atom is 0.322 e. The lowest BCUT2D eigenvalue weighted by atomic mass is 9.94. The molecule has 0 spiro atoms. The van der Waals surface area contributed by atoms with Crippen LogP contribution in [-0.4, -0.2) is 46.6 Å². The van der Waals surface area contributed by atoms with Gasteiger partial charge in [0.15, 0.2) is 17.1 Å². The van der Waals surface area contributed by atoms with E-state index in [0.717, 1.165) is 0 Å². The van der Waals surface area contributed by atoms with Gasteiger partial charge in [-0.2, -0.15) is 5.10 Å². The summed E-state index contributed by atoms with van der Waals surface area (Å²) in [7, 11) is 1.29. The zero-order valence-electron chi connectivity index (χ0n) is 20.5. The summed E-state index contributed by atoms with van der Waals surface area (Å²) in [6.07, 6.45) is 0. The van der Waals surface area contributed by atoms with E-state index in [1.807, 2.05) is 0 Å². The minimum Gasteiger partial charge on any atom is -0.494 e. The number of ether oxygens (including phenoxy) is 1. The number of urea groups is 1. The summed E-state index contributed by atoms with van der Waals surface area (Å²) >= 11 is 0. The number of nitrogens with zero attached hydrogens (tertiary/aromatic N) is 2. The van der Waals surface area contributed by atoms with E-state index in [-0.39, 0.29) is 41.3 Å². The summed E-state index contributed by atoms with van der Waals surface area (Å²) in [5, 5.41) is 12.2. The van der Waals surface area contributed by atoms with Gasteiger partial charge in [-0.25, -0.2) is 13.6 Å². The lowest BCUT2D eigenvalue weighted by Gasteiger charge is -2.29. The highest BCUT2D eigenvalue weighted by Crippen LogP contribution is 2.38. The summed E-state index contributed by atoms with van der Waals surface area (Å²) in [4.78, 5) is 39.9. The molecule has 4 aromatic rings. The van der Waals surface area contributed by atoms with Crippen molar-refractivity contribution in [3.63, 3.8) is 0 Å². The molecule has 3 N–H and O–H groups in total. The number of carbonyl (C=O) groups excluding carboxylic acids is 3. The molecule has 194 valence electrons. The summed E-state index contributed by atoms with van der Waals surface area (Å²) in [5.41, 5.74) is 0.747. The van der Waals surface area contributed by atoms with Crippen molar-refractivity contribution in [3.05, 3.63) is 70.2 Å². The van der Waals surface area contributed by atoms with E-state index in [0.29, 0.717) is 27.9 Å². The molecule has 0 bridgehead atoms. The van der Waals surface area contributed by atoms with Gasteiger partial charge in [0, 0.05) is 34.8 Å². The predicted molar refractivity (Wildman–Crippen MR) is 129 cm³/mol. The highest BCUT2D eigenvalue weighted by atomic mass is 19.1. The Balaban J connectivity index is 1.43. The Hall–Kier alpha value is -4.74. The largest absolute Gasteiger partial charge is 0.494 e. The Morgan fingerprint density at radius 3 is 2.58 bits per heavy atom. The molecule has 12 heteroatoms. The van der Waals surface area contributed by atoms with Gasteiger partial charge in [0.25, 0.3) is 11.8 Å². The van der Waals surface area contributed by atoms with Crippen molar-refractivity contribution in [2.45, 2.75) is 25.9 Å². The molecule has 1 saturated heterocycles. The highest BCUT2D eigenvalue weighted by molar-refractivity contribution is 6.08. The molecule has 0 aliphatic carbocycles. The minimum atomic E-state index is -1.83. The van der Waals surface area contributed by atoms with Crippen LogP contribution in [0.4, 0.5) is 13.6 Å². The molecular weight excluding hydrogens is 500 g/mol. The van der Waals surface area contributed by atoms with Crippen molar-refractivity contribution in [1.29, 1.82) is 0 Å². The first kappa shape index (κ1) is 23.6. The van der Waals surface area contributed by atoms with Gasteiger partial charge >= 0.3 is 6.03 Å². The lowest BCUT2D eigenvalue weighted by molar-refractivity contribution is -0.125. The van der Waals surface area contributed by atoms with E-state index in [1.165, 1.54) is 30.2 Å². The van der Waals surface area contributed by atoms with Crippen LogP contribution < -0.4 is 15.4 Å². The van der Waals surface area contributed by atoms with Crippen molar-refractivity contribution in [3.8, 4) is 16.9 Å². The number of amides is 4. The minimum absolute atomic E-state index is 0.00196. The molecule has 0 radical (unpaired) electrons. The van der Waals surface area contributed by atoms with Crippen LogP contribution in [0.3, 0.4) is 0 Å². The molecule has 4 heterocycles. The fourth-order valence-corrected chi connectivity index (χ4v) is 5.23. The molecule has 1 fully saturated rings.